The van der Waals surface area contributed by atoms with Crippen molar-refractivity contribution in [2.24, 2.45) is 10.8 Å². The maximum atomic E-state index is 12.0. The van der Waals surface area contributed by atoms with Crippen LogP contribution in [-0.2, 0) is 9.53 Å². The Balaban J connectivity index is 1.69. The van der Waals surface area contributed by atoms with Crippen molar-refractivity contribution in [2.45, 2.75) is 44.1 Å². The fraction of sp³-hybridized carbons (Fsp3) is 0.917. The van der Waals surface area contributed by atoms with Gasteiger partial charge in [-0.3, -0.25) is 0 Å². The Bertz CT molecular complexity index is 341. The highest BCUT2D eigenvalue weighted by Gasteiger charge is 2.76. The number of fused-ring (bicyclic) bond motifs is 1. The van der Waals surface area contributed by atoms with Gasteiger partial charge in [0.15, 0.2) is 6.67 Å². The molecule has 3 saturated carbocycles. The molecule has 3 unspecified atom stereocenters. The lowest BCUT2D eigenvalue weighted by Crippen LogP contribution is -2.31. The Kier molecular flexibility index (Phi) is 1.95. The largest absolute Gasteiger partial charge is 0.463 e. The molecule has 90 valence electrons. The van der Waals surface area contributed by atoms with Gasteiger partial charge >= 0.3 is 5.97 Å². The monoisotopic (exact) mass is 228 g/mol. The molecule has 1 N–H and O–H groups in total. The van der Waals surface area contributed by atoms with Crippen molar-refractivity contribution in [2.75, 3.05) is 13.3 Å². The van der Waals surface area contributed by atoms with E-state index in [1.807, 2.05) is 0 Å². The summed E-state index contributed by atoms with van der Waals surface area (Å²) in [6, 6.07) is 0. The van der Waals surface area contributed by atoms with Gasteiger partial charge in [0.25, 0.3) is 0 Å². The molecular weight excluding hydrogens is 211 g/mol. The highest BCUT2D eigenvalue weighted by molar-refractivity contribution is 5.70. The molecule has 0 radical (unpaired) electrons. The van der Waals surface area contributed by atoms with E-state index >= 15 is 0 Å². The van der Waals surface area contributed by atoms with Gasteiger partial charge in [-0.2, -0.15) is 0 Å². The molecule has 16 heavy (non-hydrogen) atoms. The van der Waals surface area contributed by atoms with Crippen LogP contribution in [0.4, 0.5) is 4.39 Å². The number of carbonyl (C=O) groups is 1. The van der Waals surface area contributed by atoms with Crippen LogP contribution in [0.3, 0.4) is 0 Å². The molecule has 2 bridgehead atoms. The van der Waals surface area contributed by atoms with E-state index in [1.165, 1.54) is 0 Å². The highest BCUT2D eigenvalue weighted by Crippen LogP contribution is 2.77. The van der Waals surface area contributed by atoms with Crippen LogP contribution in [0.2, 0.25) is 0 Å². The summed E-state index contributed by atoms with van der Waals surface area (Å²) in [5.41, 5.74) is -0.435. The van der Waals surface area contributed by atoms with E-state index in [2.05, 4.69) is 0 Å². The fourth-order valence-corrected chi connectivity index (χ4v) is 4.23. The van der Waals surface area contributed by atoms with E-state index in [9.17, 15) is 14.3 Å². The van der Waals surface area contributed by atoms with Crippen LogP contribution in [0.15, 0.2) is 0 Å². The number of hydrogen-bond donors (Lipinski definition) is 1. The SMILES string of the molecule is O=C(CF)OCC12CCCC3(C1)CC3(O)C2. The van der Waals surface area contributed by atoms with Crippen LogP contribution in [0.25, 0.3) is 0 Å². The van der Waals surface area contributed by atoms with Crippen molar-refractivity contribution in [3.8, 4) is 0 Å². The number of carbonyl (C=O) groups excluding carboxylic acids is 1. The standard InChI is InChI=1S/C12H17FO3/c13-4-9(14)16-8-10-2-1-3-11(5-10)7-12(11,15)6-10/h15H,1-8H2. The molecule has 1 spiro atoms. The van der Waals surface area contributed by atoms with Crippen molar-refractivity contribution in [3.05, 3.63) is 0 Å². The number of esters is 1. The first-order chi connectivity index (χ1) is 7.53. The van der Waals surface area contributed by atoms with Crippen molar-refractivity contribution in [3.63, 3.8) is 0 Å². The molecule has 0 aliphatic heterocycles. The molecule has 3 aliphatic carbocycles. The number of aliphatic hydroxyl groups is 1. The maximum Gasteiger partial charge on any atom is 0.337 e. The number of rotatable bonds is 3. The van der Waals surface area contributed by atoms with Gasteiger partial charge in [-0.25, -0.2) is 9.18 Å². The van der Waals surface area contributed by atoms with Gasteiger partial charge in [-0.05, 0) is 32.1 Å². The summed E-state index contributed by atoms with van der Waals surface area (Å²) in [5.74, 6) is -0.776. The molecule has 0 aromatic carbocycles. The van der Waals surface area contributed by atoms with Crippen molar-refractivity contribution in [1.82, 2.24) is 0 Å². The Morgan fingerprint density at radius 1 is 1.31 bits per heavy atom. The topological polar surface area (TPSA) is 46.5 Å². The summed E-state index contributed by atoms with van der Waals surface area (Å²) in [6.07, 6.45) is 5.79. The van der Waals surface area contributed by atoms with Crippen molar-refractivity contribution in [1.29, 1.82) is 0 Å². The number of halogens is 1. The van der Waals surface area contributed by atoms with Gasteiger partial charge < -0.3 is 9.84 Å². The summed E-state index contributed by atoms with van der Waals surface area (Å²) in [7, 11) is 0. The summed E-state index contributed by atoms with van der Waals surface area (Å²) >= 11 is 0. The van der Waals surface area contributed by atoms with Crippen LogP contribution in [0.5, 0.6) is 0 Å². The Morgan fingerprint density at radius 2 is 2.12 bits per heavy atom. The maximum absolute atomic E-state index is 12.0. The molecule has 3 fully saturated rings. The predicted molar refractivity (Wildman–Crippen MR) is 54.5 cm³/mol. The minimum Gasteiger partial charge on any atom is -0.463 e. The predicted octanol–water partition coefficient (Wildman–Crippen LogP) is 1.58. The average molecular weight is 228 g/mol. The molecule has 0 aromatic heterocycles. The lowest BCUT2D eigenvalue weighted by atomic mass is 9.72. The summed E-state index contributed by atoms with van der Waals surface area (Å²) in [5, 5.41) is 10.3. The minimum absolute atomic E-state index is 0.0594. The number of ether oxygens (including phenoxy) is 1. The smallest absolute Gasteiger partial charge is 0.337 e. The molecule has 3 rings (SSSR count). The zero-order valence-electron chi connectivity index (χ0n) is 9.30. The lowest BCUT2D eigenvalue weighted by molar-refractivity contribution is -0.149. The second-order valence-corrected chi connectivity index (χ2v) is 5.99. The first-order valence-electron chi connectivity index (χ1n) is 5.97. The van der Waals surface area contributed by atoms with E-state index < -0.39 is 18.2 Å². The molecule has 3 nitrogen and oxygen atoms in total. The second-order valence-electron chi connectivity index (χ2n) is 5.99. The molecule has 3 atom stereocenters. The Hall–Kier alpha value is -0.640. The van der Waals surface area contributed by atoms with E-state index in [4.69, 9.17) is 4.74 Å². The molecule has 0 amide bonds. The molecule has 0 heterocycles. The van der Waals surface area contributed by atoms with E-state index in [-0.39, 0.29) is 10.8 Å². The molecule has 4 heteroatoms. The normalized spacial score (nSPS) is 48.6. The highest BCUT2D eigenvalue weighted by atomic mass is 19.1. The lowest BCUT2D eigenvalue weighted by Gasteiger charge is -2.35. The molecule has 0 saturated heterocycles. The van der Waals surface area contributed by atoms with E-state index in [1.54, 1.807) is 0 Å². The van der Waals surface area contributed by atoms with Crippen LogP contribution in [0, 0.1) is 10.8 Å². The second kappa shape index (κ2) is 2.97. The average Bonchev–Trinajstić information content (AvgIpc) is 2.71. The quantitative estimate of drug-likeness (QED) is 0.746. The first kappa shape index (κ1) is 10.5. The Morgan fingerprint density at radius 3 is 2.88 bits per heavy atom. The molecular formula is C12H17FO3. The van der Waals surface area contributed by atoms with Crippen LogP contribution in [-0.4, -0.2) is 30.0 Å². The summed E-state index contributed by atoms with van der Waals surface area (Å²) in [4.78, 5) is 10.8. The molecule has 0 aromatic rings. The Labute approximate surface area is 94.0 Å². The summed E-state index contributed by atoms with van der Waals surface area (Å²) in [6.45, 7) is -0.759. The number of alkyl halides is 1. The van der Waals surface area contributed by atoms with Crippen molar-refractivity contribution >= 4 is 5.97 Å². The minimum atomic E-state index is -1.05. The van der Waals surface area contributed by atoms with Gasteiger partial charge in [0.1, 0.15) is 0 Å². The van der Waals surface area contributed by atoms with E-state index in [0.29, 0.717) is 6.61 Å². The third kappa shape index (κ3) is 1.25. The van der Waals surface area contributed by atoms with Crippen LogP contribution < -0.4 is 0 Å². The zero-order valence-corrected chi connectivity index (χ0v) is 9.30. The van der Waals surface area contributed by atoms with E-state index in [0.717, 1.165) is 38.5 Å². The molecule has 3 aliphatic rings. The van der Waals surface area contributed by atoms with Crippen molar-refractivity contribution < 1.29 is 19.0 Å². The van der Waals surface area contributed by atoms with Gasteiger partial charge in [-0.15, -0.1) is 0 Å². The van der Waals surface area contributed by atoms with Gasteiger partial charge in [0, 0.05) is 10.8 Å². The van der Waals surface area contributed by atoms with Gasteiger partial charge in [0.2, 0.25) is 0 Å². The third-order valence-electron chi connectivity index (χ3n) is 4.88. The third-order valence-corrected chi connectivity index (χ3v) is 4.88. The summed E-state index contributed by atoms with van der Waals surface area (Å²) < 4.78 is 17.0. The van der Waals surface area contributed by atoms with Gasteiger partial charge in [-0.1, -0.05) is 6.42 Å². The first-order valence-corrected chi connectivity index (χ1v) is 5.97. The fourth-order valence-electron chi connectivity index (χ4n) is 4.23. The van der Waals surface area contributed by atoms with Crippen LogP contribution >= 0.6 is 0 Å². The zero-order chi connectivity index (χ0) is 11.4. The number of hydrogen-bond acceptors (Lipinski definition) is 3. The van der Waals surface area contributed by atoms with Crippen LogP contribution in [0.1, 0.15) is 38.5 Å². The van der Waals surface area contributed by atoms with Gasteiger partial charge in [0.05, 0.1) is 12.2 Å².